The van der Waals surface area contributed by atoms with Gasteiger partial charge in [0.25, 0.3) is 0 Å². The maximum absolute atomic E-state index is 13.1. The zero-order valence-corrected chi connectivity index (χ0v) is 14.8. The first-order valence-electron chi connectivity index (χ1n) is 8.20. The van der Waals surface area contributed by atoms with Gasteiger partial charge in [-0.2, -0.15) is 0 Å². The van der Waals surface area contributed by atoms with Crippen molar-refractivity contribution in [1.82, 2.24) is 0 Å². The SMILES string of the molecule is CCOCC(C(=O)c1cc(C)c(C)cc1C)c1ccc(C)cc1. The molecule has 0 radical (unpaired) electrons. The van der Waals surface area contributed by atoms with E-state index in [2.05, 4.69) is 39.0 Å². The lowest BCUT2D eigenvalue weighted by Crippen LogP contribution is -2.20. The van der Waals surface area contributed by atoms with Gasteiger partial charge in [-0.05, 0) is 62.9 Å². The Balaban J connectivity index is 2.40. The molecular formula is C21H26O2. The average molecular weight is 310 g/mol. The second-order valence-corrected chi connectivity index (χ2v) is 6.24. The molecule has 2 rings (SSSR count). The van der Waals surface area contributed by atoms with Gasteiger partial charge in [-0.1, -0.05) is 35.9 Å². The van der Waals surface area contributed by atoms with Gasteiger partial charge in [-0.25, -0.2) is 0 Å². The largest absolute Gasteiger partial charge is 0.381 e. The van der Waals surface area contributed by atoms with Crippen LogP contribution in [-0.2, 0) is 4.74 Å². The topological polar surface area (TPSA) is 26.3 Å². The molecule has 1 atom stereocenters. The molecule has 0 aromatic heterocycles. The fourth-order valence-electron chi connectivity index (χ4n) is 2.77. The Kier molecular flexibility index (Phi) is 5.73. The van der Waals surface area contributed by atoms with Crippen LogP contribution in [0.3, 0.4) is 0 Å². The van der Waals surface area contributed by atoms with Gasteiger partial charge in [0.1, 0.15) is 0 Å². The van der Waals surface area contributed by atoms with E-state index < -0.39 is 0 Å². The van der Waals surface area contributed by atoms with E-state index in [-0.39, 0.29) is 11.7 Å². The summed E-state index contributed by atoms with van der Waals surface area (Å²) in [6, 6.07) is 12.3. The molecule has 0 saturated carbocycles. The zero-order chi connectivity index (χ0) is 17.0. The van der Waals surface area contributed by atoms with Crippen LogP contribution in [0.1, 0.15) is 51.0 Å². The van der Waals surface area contributed by atoms with Gasteiger partial charge < -0.3 is 4.74 Å². The van der Waals surface area contributed by atoms with Crippen LogP contribution in [0.2, 0.25) is 0 Å². The predicted molar refractivity (Wildman–Crippen MR) is 95.4 cm³/mol. The summed E-state index contributed by atoms with van der Waals surface area (Å²) in [5.74, 6) is -0.112. The highest BCUT2D eigenvalue weighted by Gasteiger charge is 2.24. The van der Waals surface area contributed by atoms with Gasteiger partial charge in [0, 0.05) is 12.2 Å². The molecule has 1 unspecified atom stereocenters. The Morgan fingerprint density at radius 1 is 0.957 bits per heavy atom. The van der Waals surface area contributed by atoms with Gasteiger partial charge in [0.05, 0.1) is 12.5 Å². The molecule has 2 aromatic rings. The van der Waals surface area contributed by atoms with Crippen LogP contribution >= 0.6 is 0 Å². The highest BCUT2D eigenvalue weighted by Crippen LogP contribution is 2.25. The molecule has 0 aliphatic rings. The Morgan fingerprint density at radius 3 is 2.17 bits per heavy atom. The molecule has 122 valence electrons. The third-order valence-electron chi connectivity index (χ3n) is 4.39. The summed E-state index contributed by atoms with van der Waals surface area (Å²) in [6.45, 7) is 11.2. The van der Waals surface area contributed by atoms with E-state index >= 15 is 0 Å². The van der Waals surface area contributed by atoms with E-state index in [0.717, 1.165) is 22.3 Å². The van der Waals surface area contributed by atoms with Crippen molar-refractivity contribution in [2.24, 2.45) is 0 Å². The molecule has 0 heterocycles. The lowest BCUT2D eigenvalue weighted by molar-refractivity contribution is 0.0837. The van der Waals surface area contributed by atoms with Crippen molar-refractivity contribution in [3.63, 3.8) is 0 Å². The quantitative estimate of drug-likeness (QED) is 0.708. The normalized spacial score (nSPS) is 12.2. The van der Waals surface area contributed by atoms with Gasteiger partial charge in [0.15, 0.2) is 5.78 Å². The zero-order valence-electron chi connectivity index (χ0n) is 14.8. The van der Waals surface area contributed by atoms with Crippen molar-refractivity contribution >= 4 is 5.78 Å². The van der Waals surface area contributed by atoms with Crippen molar-refractivity contribution in [2.75, 3.05) is 13.2 Å². The van der Waals surface area contributed by atoms with Crippen LogP contribution in [0, 0.1) is 27.7 Å². The van der Waals surface area contributed by atoms with Crippen LogP contribution in [-0.4, -0.2) is 19.0 Å². The van der Waals surface area contributed by atoms with Crippen LogP contribution < -0.4 is 0 Å². The summed E-state index contributed by atoms with van der Waals surface area (Å²) in [5, 5.41) is 0. The standard InChI is InChI=1S/C21H26O2/c1-6-23-13-20(18-9-7-14(2)8-10-18)21(22)19-12-16(4)15(3)11-17(19)5/h7-12,20H,6,13H2,1-5H3. The second-order valence-electron chi connectivity index (χ2n) is 6.24. The molecule has 0 aliphatic carbocycles. The van der Waals surface area contributed by atoms with Crippen LogP contribution in [0.5, 0.6) is 0 Å². The second kappa shape index (κ2) is 7.56. The van der Waals surface area contributed by atoms with E-state index in [1.165, 1.54) is 11.1 Å². The number of Topliss-reactive ketones (excluding diaryl/α,β-unsaturated/α-hetero) is 1. The van der Waals surface area contributed by atoms with Gasteiger partial charge in [-0.15, -0.1) is 0 Å². The summed E-state index contributed by atoms with van der Waals surface area (Å²) in [6.07, 6.45) is 0. The number of aryl methyl sites for hydroxylation is 4. The number of carbonyl (C=O) groups excluding carboxylic acids is 1. The van der Waals surface area contributed by atoms with E-state index in [1.807, 2.05) is 32.0 Å². The monoisotopic (exact) mass is 310 g/mol. The molecule has 23 heavy (non-hydrogen) atoms. The minimum absolute atomic E-state index is 0.142. The maximum atomic E-state index is 13.1. The first kappa shape index (κ1) is 17.4. The molecule has 0 aliphatic heterocycles. The van der Waals surface area contributed by atoms with Crippen LogP contribution in [0.15, 0.2) is 36.4 Å². The molecule has 0 spiro atoms. The molecular weight excluding hydrogens is 284 g/mol. The smallest absolute Gasteiger partial charge is 0.172 e. The third kappa shape index (κ3) is 4.08. The number of ether oxygens (including phenoxy) is 1. The number of carbonyl (C=O) groups is 1. The Hall–Kier alpha value is -1.93. The van der Waals surface area contributed by atoms with E-state index in [1.54, 1.807) is 0 Å². The molecule has 0 bridgehead atoms. The van der Waals surface area contributed by atoms with E-state index in [9.17, 15) is 4.79 Å². The number of benzene rings is 2. The average Bonchev–Trinajstić information content (AvgIpc) is 2.52. The third-order valence-corrected chi connectivity index (χ3v) is 4.39. The Labute approximate surface area is 139 Å². The van der Waals surface area contributed by atoms with E-state index in [4.69, 9.17) is 4.74 Å². The molecule has 2 aromatic carbocycles. The minimum atomic E-state index is -0.253. The molecule has 0 saturated heterocycles. The predicted octanol–water partition coefficient (Wildman–Crippen LogP) is 4.92. The summed E-state index contributed by atoms with van der Waals surface area (Å²) >= 11 is 0. The number of rotatable bonds is 6. The Bertz CT molecular complexity index is 684. The highest BCUT2D eigenvalue weighted by atomic mass is 16.5. The van der Waals surface area contributed by atoms with Gasteiger partial charge in [0.2, 0.25) is 0 Å². The molecule has 2 heteroatoms. The van der Waals surface area contributed by atoms with Crippen LogP contribution in [0.4, 0.5) is 0 Å². The number of hydrogen-bond acceptors (Lipinski definition) is 2. The number of hydrogen-bond donors (Lipinski definition) is 0. The first-order valence-corrected chi connectivity index (χ1v) is 8.20. The highest BCUT2D eigenvalue weighted by molar-refractivity contribution is 6.02. The molecule has 0 N–H and O–H groups in total. The van der Waals surface area contributed by atoms with Crippen molar-refractivity contribution in [1.29, 1.82) is 0 Å². The lowest BCUT2D eigenvalue weighted by Gasteiger charge is -2.18. The molecule has 0 amide bonds. The van der Waals surface area contributed by atoms with Crippen molar-refractivity contribution in [3.05, 3.63) is 69.8 Å². The number of ketones is 1. The fourth-order valence-corrected chi connectivity index (χ4v) is 2.77. The molecule has 2 nitrogen and oxygen atoms in total. The summed E-state index contributed by atoms with van der Waals surface area (Å²) in [7, 11) is 0. The first-order chi connectivity index (χ1) is 10.9. The lowest BCUT2D eigenvalue weighted by atomic mass is 9.87. The van der Waals surface area contributed by atoms with Crippen molar-refractivity contribution in [2.45, 2.75) is 40.5 Å². The fraction of sp³-hybridized carbons (Fsp3) is 0.381. The van der Waals surface area contributed by atoms with Crippen molar-refractivity contribution < 1.29 is 9.53 Å². The summed E-state index contributed by atoms with van der Waals surface area (Å²) in [4.78, 5) is 13.1. The van der Waals surface area contributed by atoms with E-state index in [0.29, 0.717) is 13.2 Å². The maximum Gasteiger partial charge on any atom is 0.172 e. The molecule has 0 fully saturated rings. The van der Waals surface area contributed by atoms with Crippen LogP contribution in [0.25, 0.3) is 0 Å². The van der Waals surface area contributed by atoms with Crippen molar-refractivity contribution in [3.8, 4) is 0 Å². The summed E-state index contributed by atoms with van der Waals surface area (Å²) < 4.78 is 5.60. The Morgan fingerprint density at radius 2 is 1.57 bits per heavy atom. The minimum Gasteiger partial charge on any atom is -0.381 e. The van der Waals surface area contributed by atoms with Gasteiger partial charge >= 0.3 is 0 Å². The van der Waals surface area contributed by atoms with Gasteiger partial charge in [-0.3, -0.25) is 4.79 Å². The summed E-state index contributed by atoms with van der Waals surface area (Å²) in [5.41, 5.74) is 6.42.